The minimum atomic E-state index is 1.12. The van der Waals surface area contributed by atoms with Crippen molar-refractivity contribution in [3.05, 3.63) is 188 Å². The van der Waals surface area contributed by atoms with Crippen LogP contribution in [0.15, 0.2) is 188 Å². The molecule has 47 heavy (non-hydrogen) atoms. The number of hydrogen-bond acceptors (Lipinski definition) is 1. The van der Waals surface area contributed by atoms with Gasteiger partial charge in [-0.3, -0.25) is 0 Å². The molecule has 1 nitrogen and oxygen atoms in total. The average Bonchev–Trinajstić information content (AvgIpc) is 3.15. The molecule has 0 aliphatic heterocycles. The standard InChI is InChI=1S/C46H31N/c1-2-8-32(9-3-1)34-16-23-40(24-17-34)47(42-27-20-33-10-4-5-12-38(33)30-42)41-25-18-35(19-26-41)39-15-14-37-22-28-44-43-13-7-6-11-36(43)21-29-45(44)46(37)31-39/h1-31H. The Labute approximate surface area is 274 Å². The first-order valence-electron chi connectivity index (χ1n) is 16.2. The van der Waals surface area contributed by atoms with E-state index < -0.39 is 0 Å². The van der Waals surface area contributed by atoms with Crippen LogP contribution in [0.3, 0.4) is 0 Å². The summed E-state index contributed by atoms with van der Waals surface area (Å²) in [5, 5.41) is 10.2. The molecule has 0 aliphatic rings. The Hall–Kier alpha value is -6.18. The van der Waals surface area contributed by atoms with Gasteiger partial charge in [0.15, 0.2) is 0 Å². The highest BCUT2D eigenvalue weighted by Gasteiger charge is 2.14. The second-order valence-electron chi connectivity index (χ2n) is 12.2. The van der Waals surface area contributed by atoms with Gasteiger partial charge in [0.2, 0.25) is 0 Å². The molecule has 1 heteroatoms. The number of anilines is 3. The van der Waals surface area contributed by atoms with Crippen molar-refractivity contribution in [2.24, 2.45) is 0 Å². The molecule has 0 saturated carbocycles. The largest absolute Gasteiger partial charge is 0.310 e. The molecular formula is C46H31N. The van der Waals surface area contributed by atoms with E-state index in [2.05, 4.69) is 193 Å². The molecule has 0 atom stereocenters. The van der Waals surface area contributed by atoms with Gasteiger partial charge in [-0.2, -0.15) is 0 Å². The number of rotatable bonds is 5. The van der Waals surface area contributed by atoms with Crippen LogP contribution in [0.5, 0.6) is 0 Å². The van der Waals surface area contributed by atoms with E-state index in [0.29, 0.717) is 0 Å². The molecule has 0 aliphatic carbocycles. The normalized spacial score (nSPS) is 11.4. The fourth-order valence-electron chi connectivity index (χ4n) is 7.00. The van der Waals surface area contributed by atoms with Crippen molar-refractivity contribution >= 4 is 60.2 Å². The molecule has 0 amide bonds. The maximum absolute atomic E-state index is 2.35. The third-order valence-corrected chi connectivity index (χ3v) is 9.43. The van der Waals surface area contributed by atoms with Crippen molar-refractivity contribution < 1.29 is 0 Å². The van der Waals surface area contributed by atoms with E-state index in [-0.39, 0.29) is 0 Å². The highest BCUT2D eigenvalue weighted by molar-refractivity contribution is 6.17. The van der Waals surface area contributed by atoms with Gasteiger partial charge >= 0.3 is 0 Å². The summed E-state index contributed by atoms with van der Waals surface area (Å²) in [5.74, 6) is 0. The van der Waals surface area contributed by atoms with Gasteiger partial charge in [0.25, 0.3) is 0 Å². The predicted octanol–water partition coefficient (Wildman–Crippen LogP) is 13.1. The molecule has 9 aromatic carbocycles. The Morgan fingerprint density at radius 3 is 1.43 bits per heavy atom. The molecular weight excluding hydrogens is 567 g/mol. The SMILES string of the molecule is c1ccc(-c2ccc(N(c3ccc(-c4ccc5ccc6c7ccccc7ccc6c5c4)cc3)c3ccc4ccccc4c3)cc2)cc1. The average molecular weight is 598 g/mol. The van der Waals surface area contributed by atoms with E-state index in [1.807, 2.05) is 0 Å². The molecule has 0 N–H and O–H groups in total. The molecule has 0 spiro atoms. The van der Waals surface area contributed by atoms with Crippen LogP contribution in [0, 0.1) is 0 Å². The van der Waals surface area contributed by atoms with Gasteiger partial charge in [0.1, 0.15) is 0 Å². The maximum Gasteiger partial charge on any atom is 0.0468 e. The number of benzene rings is 9. The van der Waals surface area contributed by atoms with Crippen LogP contribution in [0.25, 0.3) is 65.3 Å². The summed E-state index contributed by atoms with van der Waals surface area (Å²) < 4.78 is 0. The Bertz CT molecular complexity index is 2550. The fourth-order valence-corrected chi connectivity index (χ4v) is 7.00. The first kappa shape index (κ1) is 27.2. The topological polar surface area (TPSA) is 3.24 Å². The van der Waals surface area contributed by atoms with Crippen LogP contribution >= 0.6 is 0 Å². The van der Waals surface area contributed by atoms with Crippen molar-refractivity contribution in [2.75, 3.05) is 4.90 Å². The molecule has 0 saturated heterocycles. The van der Waals surface area contributed by atoms with Crippen LogP contribution in [-0.2, 0) is 0 Å². The molecule has 9 rings (SSSR count). The molecule has 0 radical (unpaired) electrons. The Kier molecular flexibility index (Phi) is 6.54. The van der Waals surface area contributed by atoms with Gasteiger partial charge in [-0.05, 0) is 108 Å². The number of nitrogens with zero attached hydrogens (tertiary/aromatic N) is 1. The lowest BCUT2D eigenvalue weighted by atomic mass is 9.94. The first-order valence-corrected chi connectivity index (χ1v) is 16.2. The van der Waals surface area contributed by atoms with Crippen LogP contribution < -0.4 is 4.90 Å². The molecule has 9 aromatic rings. The molecule has 0 fully saturated rings. The second-order valence-corrected chi connectivity index (χ2v) is 12.2. The maximum atomic E-state index is 2.35. The van der Waals surface area contributed by atoms with Crippen molar-refractivity contribution in [1.82, 2.24) is 0 Å². The smallest absolute Gasteiger partial charge is 0.0468 e. The Balaban J connectivity index is 1.13. The molecule has 220 valence electrons. The van der Waals surface area contributed by atoms with E-state index in [4.69, 9.17) is 0 Å². The van der Waals surface area contributed by atoms with E-state index in [0.717, 1.165) is 17.1 Å². The summed E-state index contributed by atoms with van der Waals surface area (Å²) in [6.45, 7) is 0. The molecule has 0 bridgehead atoms. The van der Waals surface area contributed by atoms with Crippen LogP contribution in [0.2, 0.25) is 0 Å². The first-order chi connectivity index (χ1) is 23.3. The third kappa shape index (κ3) is 4.90. The van der Waals surface area contributed by atoms with Gasteiger partial charge in [-0.1, -0.05) is 146 Å². The summed E-state index contributed by atoms with van der Waals surface area (Å²) in [6, 6.07) is 68.3. The summed E-state index contributed by atoms with van der Waals surface area (Å²) in [7, 11) is 0. The molecule has 0 unspecified atom stereocenters. The highest BCUT2D eigenvalue weighted by atomic mass is 15.1. The quantitative estimate of drug-likeness (QED) is 0.178. The Morgan fingerprint density at radius 1 is 0.234 bits per heavy atom. The second kappa shape index (κ2) is 11.3. The van der Waals surface area contributed by atoms with Crippen molar-refractivity contribution in [3.8, 4) is 22.3 Å². The minimum Gasteiger partial charge on any atom is -0.310 e. The lowest BCUT2D eigenvalue weighted by Crippen LogP contribution is -2.09. The predicted molar refractivity (Wildman–Crippen MR) is 202 cm³/mol. The van der Waals surface area contributed by atoms with E-state index in [9.17, 15) is 0 Å². The van der Waals surface area contributed by atoms with Gasteiger partial charge in [0, 0.05) is 17.1 Å². The number of hydrogen-bond donors (Lipinski definition) is 0. The van der Waals surface area contributed by atoms with E-state index in [1.165, 1.54) is 65.3 Å². The summed E-state index contributed by atoms with van der Waals surface area (Å²) in [4.78, 5) is 2.35. The lowest BCUT2D eigenvalue weighted by Gasteiger charge is -2.26. The van der Waals surface area contributed by atoms with Gasteiger partial charge in [-0.15, -0.1) is 0 Å². The molecule has 0 heterocycles. The van der Waals surface area contributed by atoms with Gasteiger partial charge < -0.3 is 4.90 Å². The van der Waals surface area contributed by atoms with Crippen LogP contribution in [-0.4, -0.2) is 0 Å². The summed E-state index contributed by atoms with van der Waals surface area (Å²) >= 11 is 0. The zero-order chi connectivity index (χ0) is 31.2. The summed E-state index contributed by atoms with van der Waals surface area (Å²) in [6.07, 6.45) is 0. The van der Waals surface area contributed by atoms with Crippen molar-refractivity contribution in [1.29, 1.82) is 0 Å². The van der Waals surface area contributed by atoms with Gasteiger partial charge in [-0.25, -0.2) is 0 Å². The number of fused-ring (bicyclic) bond motifs is 6. The Morgan fingerprint density at radius 2 is 0.702 bits per heavy atom. The zero-order valence-corrected chi connectivity index (χ0v) is 25.8. The van der Waals surface area contributed by atoms with Crippen LogP contribution in [0.1, 0.15) is 0 Å². The monoisotopic (exact) mass is 597 g/mol. The van der Waals surface area contributed by atoms with Crippen LogP contribution in [0.4, 0.5) is 17.1 Å². The third-order valence-electron chi connectivity index (χ3n) is 9.43. The van der Waals surface area contributed by atoms with Crippen molar-refractivity contribution in [2.45, 2.75) is 0 Å². The molecule has 0 aromatic heterocycles. The highest BCUT2D eigenvalue weighted by Crippen LogP contribution is 2.39. The van der Waals surface area contributed by atoms with Crippen molar-refractivity contribution in [3.63, 3.8) is 0 Å². The zero-order valence-electron chi connectivity index (χ0n) is 25.8. The lowest BCUT2D eigenvalue weighted by molar-refractivity contribution is 1.29. The van der Waals surface area contributed by atoms with E-state index in [1.54, 1.807) is 0 Å². The van der Waals surface area contributed by atoms with Gasteiger partial charge in [0.05, 0.1) is 0 Å². The summed E-state index contributed by atoms with van der Waals surface area (Å²) in [5.41, 5.74) is 8.22. The minimum absolute atomic E-state index is 1.12. The fraction of sp³-hybridized carbons (Fsp3) is 0. The van der Waals surface area contributed by atoms with E-state index >= 15 is 0 Å².